The summed E-state index contributed by atoms with van der Waals surface area (Å²) in [6.07, 6.45) is 3.34. The first-order chi connectivity index (χ1) is 10.2. The van der Waals surface area contributed by atoms with Gasteiger partial charge in [0.15, 0.2) is 0 Å². The Morgan fingerprint density at radius 2 is 1.95 bits per heavy atom. The molecule has 2 heterocycles. The van der Waals surface area contributed by atoms with Crippen molar-refractivity contribution in [1.82, 2.24) is 9.38 Å². The minimum Gasteiger partial charge on any atom is -0.497 e. The quantitative estimate of drug-likeness (QED) is 0.808. The molecule has 0 aliphatic rings. The van der Waals surface area contributed by atoms with Crippen molar-refractivity contribution < 1.29 is 9.53 Å². The number of nitrogens with one attached hydrogen (secondary N) is 1. The molecule has 0 atom stereocenters. The fourth-order valence-electron chi connectivity index (χ4n) is 1.94. The Hall–Kier alpha value is -2.53. The van der Waals surface area contributed by atoms with Gasteiger partial charge in [-0.25, -0.2) is 4.98 Å². The van der Waals surface area contributed by atoms with Crippen molar-refractivity contribution in [2.24, 2.45) is 0 Å². The van der Waals surface area contributed by atoms with E-state index in [0.29, 0.717) is 22.1 Å². The van der Waals surface area contributed by atoms with Crippen LogP contribution < -0.4 is 10.1 Å². The van der Waals surface area contributed by atoms with Crippen LogP contribution in [0.2, 0.25) is 5.02 Å². The predicted octanol–water partition coefficient (Wildman–Crippen LogP) is 3.25. The zero-order valence-electron chi connectivity index (χ0n) is 11.2. The summed E-state index contributed by atoms with van der Waals surface area (Å²) in [6, 6.07) is 10.6. The van der Waals surface area contributed by atoms with Gasteiger partial charge >= 0.3 is 0 Å². The van der Waals surface area contributed by atoms with Gasteiger partial charge < -0.3 is 14.5 Å². The summed E-state index contributed by atoms with van der Waals surface area (Å²) in [7, 11) is 1.59. The van der Waals surface area contributed by atoms with E-state index in [-0.39, 0.29) is 5.91 Å². The van der Waals surface area contributed by atoms with E-state index in [1.807, 2.05) is 0 Å². The number of ether oxygens (including phenoxy) is 1. The van der Waals surface area contributed by atoms with E-state index in [4.69, 9.17) is 16.3 Å². The van der Waals surface area contributed by atoms with Gasteiger partial charge in [0.25, 0.3) is 5.91 Å². The van der Waals surface area contributed by atoms with E-state index < -0.39 is 0 Å². The molecule has 0 fully saturated rings. The first-order valence-corrected chi connectivity index (χ1v) is 6.63. The number of amides is 1. The summed E-state index contributed by atoms with van der Waals surface area (Å²) in [4.78, 5) is 16.4. The highest BCUT2D eigenvalue weighted by atomic mass is 35.5. The Morgan fingerprint density at radius 1 is 1.19 bits per heavy atom. The largest absolute Gasteiger partial charge is 0.497 e. The van der Waals surface area contributed by atoms with Crippen molar-refractivity contribution in [2.45, 2.75) is 0 Å². The Morgan fingerprint density at radius 3 is 2.67 bits per heavy atom. The topological polar surface area (TPSA) is 55.6 Å². The molecule has 0 saturated heterocycles. The molecule has 21 heavy (non-hydrogen) atoms. The molecule has 6 heteroatoms. The molecule has 2 aromatic heterocycles. The van der Waals surface area contributed by atoms with Crippen LogP contribution >= 0.6 is 11.6 Å². The average molecular weight is 302 g/mol. The van der Waals surface area contributed by atoms with Crippen LogP contribution in [0.5, 0.6) is 5.75 Å². The van der Waals surface area contributed by atoms with Crippen LogP contribution in [-0.4, -0.2) is 22.4 Å². The zero-order valence-corrected chi connectivity index (χ0v) is 12.0. The smallest absolute Gasteiger partial charge is 0.275 e. The highest BCUT2D eigenvalue weighted by molar-refractivity contribution is 6.30. The molecule has 106 valence electrons. The number of fused-ring (bicyclic) bond motifs is 1. The lowest BCUT2D eigenvalue weighted by molar-refractivity contribution is 0.102. The molecular formula is C15H12ClN3O2. The minimum absolute atomic E-state index is 0.278. The number of rotatable bonds is 3. The summed E-state index contributed by atoms with van der Waals surface area (Å²) in [5.74, 6) is 0.454. The first-order valence-electron chi connectivity index (χ1n) is 6.25. The average Bonchev–Trinajstić information content (AvgIpc) is 2.91. The summed E-state index contributed by atoms with van der Waals surface area (Å²) in [6.45, 7) is 0. The molecule has 0 aliphatic heterocycles. The second-order valence-electron chi connectivity index (χ2n) is 4.42. The molecule has 1 aromatic carbocycles. The molecule has 1 N–H and O–H groups in total. The van der Waals surface area contributed by atoms with Gasteiger partial charge in [0.1, 0.15) is 17.1 Å². The number of carbonyl (C=O) groups excluding carboxylic acids is 1. The molecule has 3 aromatic rings. The summed E-state index contributed by atoms with van der Waals surface area (Å²) in [5.41, 5.74) is 1.67. The van der Waals surface area contributed by atoms with Gasteiger partial charge in [-0.15, -0.1) is 0 Å². The SMILES string of the molecule is COc1ccc(NC(=O)c2cn3cc(Cl)ccc3n2)cc1. The van der Waals surface area contributed by atoms with Gasteiger partial charge in [-0.1, -0.05) is 11.6 Å². The molecule has 3 rings (SSSR count). The number of hydrogen-bond acceptors (Lipinski definition) is 3. The number of benzene rings is 1. The second-order valence-corrected chi connectivity index (χ2v) is 4.86. The van der Waals surface area contributed by atoms with Crippen LogP contribution in [-0.2, 0) is 0 Å². The molecule has 0 spiro atoms. The lowest BCUT2D eigenvalue weighted by Gasteiger charge is -2.04. The Bertz CT molecular complexity index is 796. The summed E-state index contributed by atoms with van der Waals surface area (Å²) in [5, 5.41) is 3.37. The molecule has 1 amide bonds. The Balaban J connectivity index is 1.82. The molecule has 0 unspecified atom stereocenters. The van der Waals surface area contributed by atoms with Crippen molar-refractivity contribution in [3.63, 3.8) is 0 Å². The van der Waals surface area contributed by atoms with Gasteiger partial charge in [-0.05, 0) is 36.4 Å². The van der Waals surface area contributed by atoms with Gasteiger partial charge in [-0.3, -0.25) is 4.79 Å². The monoisotopic (exact) mass is 301 g/mol. The number of methoxy groups -OCH3 is 1. The number of hydrogen-bond donors (Lipinski definition) is 1. The van der Waals surface area contributed by atoms with Crippen LogP contribution in [0, 0.1) is 0 Å². The molecule has 0 aliphatic carbocycles. The third-order valence-corrected chi connectivity index (χ3v) is 3.22. The van der Waals surface area contributed by atoms with Crippen LogP contribution in [0.1, 0.15) is 10.5 Å². The van der Waals surface area contributed by atoms with Crippen LogP contribution in [0.4, 0.5) is 5.69 Å². The molecular weight excluding hydrogens is 290 g/mol. The number of aromatic nitrogens is 2. The maximum Gasteiger partial charge on any atom is 0.275 e. The third-order valence-electron chi connectivity index (χ3n) is 3.00. The molecule has 5 nitrogen and oxygen atoms in total. The summed E-state index contributed by atoms with van der Waals surface area (Å²) < 4.78 is 6.78. The fraction of sp³-hybridized carbons (Fsp3) is 0.0667. The normalized spacial score (nSPS) is 10.6. The van der Waals surface area contributed by atoms with Gasteiger partial charge in [-0.2, -0.15) is 0 Å². The molecule has 0 radical (unpaired) electrons. The van der Waals surface area contributed by atoms with Crippen molar-refractivity contribution in [2.75, 3.05) is 12.4 Å². The van der Waals surface area contributed by atoms with E-state index in [2.05, 4.69) is 10.3 Å². The lowest BCUT2D eigenvalue weighted by atomic mass is 10.3. The highest BCUT2D eigenvalue weighted by Crippen LogP contribution is 2.16. The van der Waals surface area contributed by atoms with Crippen LogP contribution in [0.3, 0.4) is 0 Å². The van der Waals surface area contributed by atoms with E-state index in [1.165, 1.54) is 0 Å². The van der Waals surface area contributed by atoms with Crippen molar-refractivity contribution in [3.8, 4) is 5.75 Å². The minimum atomic E-state index is -0.278. The Kier molecular flexibility index (Phi) is 3.50. The van der Waals surface area contributed by atoms with E-state index >= 15 is 0 Å². The predicted molar refractivity (Wildman–Crippen MR) is 81.1 cm³/mol. The van der Waals surface area contributed by atoms with Gasteiger partial charge in [0.2, 0.25) is 0 Å². The number of imidazole rings is 1. The molecule has 0 bridgehead atoms. The highest BCUT2D eigenvalue weighted by Gasteiger charge is 2.11. The van der Waals surface area contributed by atoms with E-state index in [0.717, 1.165) is 5.75 Å². The number of halogens is 1. The van der Waals surface area contributed by atoms with Crippen LogP contribution in [0.15, 0.2) is 48.8 Å². The van der Waals surface area contributed by atoms with Crippen molar-refractivity contribution in [1.29, 1.82) is 0 Å². The van der Waals surface area contributed by atoms with Crippen LogP contribution in [0.25, 0.3) is 5.65 Å². The number of nitrogens with zero attached hydrogens (tertiary/aromatic N) is 2. The maximum atomic E-state index is 12.2. The number of carbonyl (C=O) groups is 1. The van der Waals surface area contributed by atoms with Gasteiger partial charge in [0, 0.05) is 18.1 Å². The maximum absolute atomic E-state index is 12.2. The van der Waals surface area contributed by atoms with Crippen molar-refractivity contribution in [3.05, 3.63) is 59.5 Å². The first kappa shape index (κ1) is 13.5. The van der Waals surface area contributed by atoms with Gasteiger partial charge in [0.05, 0.1) is 12.1 Å². The van der Waals surface area contributed by atoms with E-state index in [1.54, 1.807) is 60.3 Å². The fourth-order valence-corrected chi connectivity index (χ4v) is 2.11. The Labute approximate surface area is 126 Å². The standard InChI is InChI=1S/C15H12ClN3O2/c1-21-12-5-3-11(4-6-12)17-15(20)13-9-19-8-10(16)2-7-14(19)18-13/h2-9H,1H3,(H,17,20). The second kappa shape index (κ2) is 5.46. The summed E-state index contributed by atoms with van der Waals surface area (Å²) >= 11 is 5.90. The number of anilines is 1. The number of pyridine rings is 1. The third kappa shape index (κ3) is 2.83. The zero-order chi connectivity index (χ0) is 14.8. The van der Waals surface area contributed by atoms with Crippen molar-refractivity contribution >= 4 is 28.8 Å². The molecule has 0 saturated carbocycles. The lowest BCUT2D eigenvalue weighted by Crippen LogP contribution is -2.12. The van der Waals surface area contributed by atoms with E-state index in [9.17, 15) is 4.79 Å².